The quantitative estimate of drug-likeness (QED) is 0.650. The molecule has 0 saturated carbocycles. The molecule has 0 bridgehead atoms. The van der Waals surface area contributed by atoms with Crippen LogP contribution in [-0.2, 0) is 17.8 Å². The Labute approximate surface area is 109 Å². The summed E-state index contributed by atoms with van der Waals surface area (Å²) in [5.74, 6) is 1.34. The van der Waals surface area contributed by atoms with Crippen molar-refractivity contribution in [3.63, 3.8) is 0 Å². The second-order valence-electron chi connectivity index (χ2n) is 4.40. The zero-order valence-corrected chi connectivity index (χ0v) is 11.7. The molecule has 18 heavy (non-hydrogen) atoms. The van der Waals surface area contributed by atoms with Crippen LogP contribution in [0, 0.1) is 0 Å². The van der Waals surface area contributed by atoms with Gasteiger partial charge in [0, 0.05) is 19.1 Å². The molecule has 1 atom stereocenters. The van der Waals surface area contributed by atoms with Crippen LogP contribution in [0.5, 0.6) is 0 Å². The Kier molecular flexibility index (Phi) is 7.60. The third-order valence-corrected chi connectivity index (χ3v) is 2.64. The van der Waals surface area contributed by atoms with Crippen LogP contribution >= 0.6 is 0 Å². The first-order valence-corrected chi connectivity index (χ1v) is 6.92. The maximum absolute atomic E-state index is 5.38. The van der Waals surface area contributed by atoms with Crippen LogP contribution in [0.25, 0.3) is 0 Å². The summed E-state index contributed by atoms with van der Waals surface area (Å²) in [5.41, 5.74) is 0. The Morgan fingerprint density at radius 1 is 1.28 bits per heavy atom. The average Bonchev–Trinajstić information content (AvgIpc) is 2.78. The monoisotopic (exact) mass is 255 g/mol. The highest BCUT2D eigenvalue weighted by molar-refractivity contribution is 4.88. The minimum absolute atomic E-state index is 0.421. The second kappa shape index (κ2) is 9.05. The van der Waals surface area contributed by atoms with E-state index >= 15 is 0 Å². The molecule has 0 aliphatic rings. The average molecular weight is 255 g/mol. The molecule has 1 aromatic heterocycles. The van der Waals surface area contributed by atoms with E-state index in [9.17, 15) is 0 Å². The van der Waals surface area contributed by atoms with Crippen molar-refractivity contribution in [3.8, 4) is 0 Å². The zero-order valence-electron chi connectivity index (χ0n) is 11.7. The van der Waals surface area contributed by atoms with Crippen molar-refractivity contribution in [1.82, 2.24) is 15.5 Å². The van der Waals surface area contributed by atoms with Crippen LogP contribution < -0.4 is 5.32 Å². The number of hydrogen-bond acceptors (Lipinski definition) is 5. The summed E-state index contributed by atoms with van der Waals surface area (Å²) in [7, 11) is 0. The molecule has 0 fully saturated rings. The van der Waals surface area contributed by atoms with Crippen LogP contribution in [0.3, 0.4) is 0 Å². The standard InChI is InChI=1S/C13H25N3O2/c1-4-7-11(14-6-3)9-13-15-12(16-18-13)10-17-8-5-2/h11,14H,4-10H2,1-3H3. The SMILES string of the molecule is CCCOCc1noc(CC(CCC)NCC)n1. The Bertz CT molecular complexity index is 309. The van der Waals surface area contributed by atoms with Gasteiger partial charge in [-0.1, -0.05) is 32.3 Å². The smallest absolute Gasteiger partial charge is 0.228 e. The van der Waals surface area contributed by atoms with E-state index < -0.39 is 0 Å². The molecular weight excluding hydrogens is 230 g/mol. The van der Waals surface area contributed by atoms with Gasteiger partial charge < -0.3 is 14.6 Å². The highest BCUT2D eigenvalue weighted by Crippen LogP contribution is 2.07. The molecule has 0 radical (unpaired) electrons. The van der Waals surface area contributed by atoms with Crippen LogP contribution in [0.15, 0.2) is 4.52 Å². The molecule has 0 saturated heterocycles. The molecule has 5 heteroatoms. The largest absolute Gasteiger partial charge is 0.373 e. The molecular formula is C13H25N3O2. The van der Waals surface area contributed by atoms with Crippen LogP contribution in [-0.4, -0.2) is 29.3 Å². The zero-order chi connectivity index (χ0) is 13.2. The van der Waals surface area contributed by atoms with Gasteiger partial charge in [0.1, 0.15) is 6.61 Å². The van der Waals surface area contributed by atoms with Crippen molar-refractivity contribution in [2.45, 2.75) is 59.1 Å². The number of hydrogen-bond donors (Lipinski definition) is 1. The van der Waals surface area contributed by atoms with E-state index in [1.807, 2.05) is 0 Å². The van der Waals surface area contributed by atoms with Gasteiger partial charge in [-0.05, 0) is 19.4 Å². The molecule has 5 nitrogen and oxygen atoms in total. The summed E-state index contributed by atoms with van der Waals surface area (Å²) >= 11 is 0. The third kappa shape index (κ3) is 5.60. The van der Waals surface area contributed by atoms with Gasteiger partial charge >= 0.3 is 0 Å². The highest BCUT2D eigenvalue weighted by Gasteiger charge is 2.13. The summed E-state index contributed by atoms with van der Waals surface area (Å²) in [6, 6.07) is 0.421. The molecule has 0 spiro atoms. The molecule has 0 aromatic carbocycles. The fraction of sp³-hybridized carbons (Fsp3) is 0.846. The molecule has 1 unspecified atom stereocenters. The molecule has 0 amide bonds. The van der Waals surface area contributed by atoms with E-state index in [0.29, 0.717) is 24.4 Å². The van der Waals surface area contributed by atoms with E-state index in [1.54, 1.807) is 0 Å². The van der Waals surface area contributed by atoms with Crippen molar-refractivity contribution in [3.05, 3.63) is 11.7 Å². The summed E-state index contributed by atoms with van der Waals surface area (Å²) < 4.78 is 10.6. The van der Waals surface area contributed by atoms with Gasteiger partial charge in [0.25, 0.3) is 0 Å². The summed E-state index contributed by atoms with van der Waals surface area (Å²) in [6.45, 7) is 8.51. The number of rotatable bonds is 10. The summed E-state index contributed by atoms with van der Waals surface area (Å²) in [5, 5.41) is 7.36. The Morgan fingerprint density at radius 2 is 2.11 bits per heavy atom. The fourth-order valence-corrected chi connectivity index (χ4v) is 1.86. The van der Waals surface area contributed by atoms with Gasteiger partial charge in [-0.25, -0.2) is 0 Å². The highest BCUT2D eigenvalue weighted by atomic mass is 16.5. The third-order valence-electron chi connectivity index (χ3n) is 2.64. The minimum atomic E-state index is 0.421. The van der Waals surface area contributed by atoms with Gasteiger partial charge in [0.05, 0.1) is 0 Å². The summed E-state index contributed by atoms with van der Waals surface area (Å²) in [4.78, 5) is 4.34. The molecule has 0 aliphatic heterocycles. The molecule has 1 rings (SSSR count). The van der Waals surface area contributed by atoms with E-state index in [1.165, 1.54) is 0 Å². The lowest BCUT2D eigenvalue weighted by Crippen LogP contribution is -2.30. The van der Waals surface area contributed by atoms with Crippen molar-refractivity contribution >= 4 is 0 Å². The predicted octanol–water partition coefficient (Wildman–Crippen LogP) is 2.32. The number of ether oxygens (including phenoxy) is 1. The van der Waals surface area contributed by atoms with E-state index in [4.69, 9.17) is 9.26 Å². The second-order valence-corrected chi connectivity index (χ2v) is 4.40. The molecule has 0 aliphatic carbocycles. The first kappa shape index (κ1) is 15.1. The Hall–Kier alpha value is -0.940. The maximum atomic E-state index is 5.38. The van der Waals surface area contributed by atoms with Crippen molar-refractivity contribution in [1.29, 1.82) is 0 Å². The minimum Gasteiger partial charge on any atom is -0.373 e. The van der Waals surface area contributed by atoms with Crippen molar-refractivity contribution in [2.24, 2.45) is 0 Å². The molecule has 1 aromatic rings. The van der Waals surface area contributed by atoms with Gasteiger partial charge in [-0.15, -0.1) is 0 Å². The predicted molar refractivity (Wildman–Crippen MR) is 70.3 cm³/mol. The number of aromatic nitrogens is 2. The van der Waals surface area contributed by atoms with Gasteiger partial charge in [0.2, 0.25) is 5.89 Å². The van der Waals surface area contributed by atoms with Crippen molar-refractivity contribution in [2.75, 3.05) is 13.2 Å². The van der Waals surface area contributed by atoms with E-state index in [2.05, 4.69) is 36.2 Å². The Balaban J connectivity index is 2.40. The number of nitrogens with zero attached hydrogens (tertiary/aromatic N) is 2. The summed E-state index contributed by atoms with van der Waals surface area (Å²) in [6.07, 6.45) is 4.07. The number of nitrogens with one attached hydrogen (secondary N) is 1. The molecule has 104 valence electrons. The van der Waals surface area contributed by atoms with Gasteiger partial charge in [-0.2, -0.15) is 4.98 Å². The van der Waals surface area contributed by atoms with E-state index in [-0.39, 0.29) is 0 Å². The first-order chi connectivity index (χ1) is 8.80. The lowest BCUT2D eigenvalue weighted by Gasteiger charge is -2.14. The van der Waals surface area contributed by atoms with Gasteiger partial charge in [0.15, 0.2) is 5.82 Å². The van der Waals surface area contributed by atoms with Gasteiger partial charge in [-0.3, -0.25) is 0 Å². The van der Waals surface area contributed by atoms with Crippen LogP contribution in [0.2, 0.25) is 0 Å². The van der Waals surface area contributed by atoms with Crippen LogP contribution in [0.1, 0.15) is 51.7 Å². The Morgan fingerprint density at radius 3 is 2.78 bits per heavy atom. The fourth-order valence-electron chi connectivity index (χ4n) is 1.86. The topological polar surface area (TPSA) is 60.2 Å². The molecule has 1 heterocycles. The normalized spacial score (nSPS) is 12.8. The lowest BCUT2D eigenvalue weighted by atomic mass is 10.1. The maximum Gasteiger partial charge on any atom is 0.228 e. The lowest BCUT2D eigenvalue weighted by molar-refractivity contribution is 0.114. The first-order valence-electron chi connectivity index (χ1n) is 6.92. The van der Waals surface area contributed by atoms with E-state index in [0.717, 1.165) is 38.8 Å². The van der Waals surface area contributed by atoms with Crippen LogP contribution in [0.4, 0.5) is 0 Å². The van der Waals surface area contributed by atoms with Crippen molar-refractivity contribution < 1.29 is 9.26 Å². The number of likely N-dealkylation sites (N-methyl/N-ethyl adjacent to an activating group) is 1. The molecule has 1 N–H and O–H groups in total.